The van der Waals surface area contributed by atoms with Gasteiger partial charge in [-0.3, -0.25) is 4.79 Å². The predicted molar refractivity (Wildman–Crippen MR) is 119 cm³/mol. The number of para-hydroxylation sites is 1. The number of nitrogens with one attached hydrogen (secondary N) is 1. The van der Waals surface area contributed by atoms with Crippen molar-refractivity contribution in [1.29, 1.82) is 0 Å². The lowest BCUT2D eigenvalue weighted by Crippen LogP contribution is -2.49. The molecule has 0 radical (unpaired) electrons. The molecule has 7 nitrogen and oxygen atoms in total. The molecule has 1 saturated heterocycles. The van der Waals surface area contributed by atoms with E-state index in [4.69, 9.17) is 4.74 Å². The summed E-state index contributed by atoms with van der Waals surface area (Å²) in [4.78, 5) is 14.5. The predicted octanol–water partition coefficient (Wildman–Crippen LogP) is 2.28. The summed E-state index contributed by atoms with van der Waals surface area (Å²) in [5, 5.41) is 2.77. The van der Waals surface area contributed by atoms with Crippen LogP contribution >= 0.6 is 0 Å². The van der Waals surface area contributed by atoms with Crippen LogP contribution in [0.1, 0.15) is 22.3 Å². The number of ether oxygens (including phenoxy) is 1. The Balaban J connectivity index is 1.45. The van der Waals surface area contributed by atoms with Crippen molar-refractivity contribution < 1.29 is 17.9 Å². The Morgan fingerprint density at radius 1 is 1.07 bits per heavy atom. The molecule has 3 rings (SSSR count). The van der Waals surface area contributed by atoms with E-state index in [0.717, 1.165) is 5.69 Å². The van der Waals surface area contributed by atoms with E-state index < -0.39 is 10.0 Å². The number of methoxy groups -OCH3 is 1. The molecule has 0 atom stereocenters. The molecule has 1 heterocycles. The maximum Gasteiger partial charge on any atom is 0.255 e. The van der Waals surface area contributed by atoms with Gasteiger partial charge < -0.3 is 15.0 Å². The zero-order chi connectivity index (χ0) is 21.6. The molecule has 2 aromatic rings. The molecule has 0 aromatic heterocycles. The lowest BCUT2D eigenvalue weighted by atomic mass is 10.2. The second-order valence-electron chi connectivity index (χ2n) is 7.35. The third kappa shape index (κ3) is 5.52. The number of sulfonamides is 1. The molecule has 30 heavy (non-hydrogen) atoms. The third-order valence-corrected chi connectivity index (χ3v) is 7.17. The SMILES string of the molecule is COc1ccccc1C(=O)NCCCS(=O)(=O)N1CCN(c2cccc(C)c2)CC1. The van der Waals surface area contributed by atoms with Crippen molar-refractivity contribution in [2.75, 3.05) is 50.5 Å². The van der Waals surface area contributed by atoms with Gasteiger partial charge in [0, 0.05) is 38.4 Å². The van der Waals surface area contributed by atoms with Gasteiger partial charge in [0.1, 0.15) is 5.75 Å². The summed E-state index contributed by atoms with van der Waals surface area (Å²) in [5.74, 6) is 0.245. The lowest BCUT2D eigenvalue weighted by Gasteiger charge is -2.35. The summed E-state index contributed by atoms with van der Waals surface area (Å²) >= 11 is 0. The summed E-state index contributed by atoms with van der Waals surface area (Å²) in [7, 11) is -1.83. The van der Waals surface area contributed by atoms with Gasteiger partial charge in [0.15, 0.2) is 0 Å². The van der Waals surface area contributed by atoms with Crippen LogP contribution in [0.4, 0.5) is 5.69 Å². The molecule has 1 aliphatic heterocycles. The van der Waals surface area contributed by atoms with Crippen molar-refractivity contribution in [2.24, 2.45) is 0 Å². The Hall–Kier alpha value is -2.58. The first-order valence-corrected chi connectivity index (χ1v) is 11.7. The molecule has 0 aliphatic carbocycles. The van der Waals surface area contributed by atoms with Gasteiger partial charge in [0.25, 0.3) is 5.91 Å². The molecule has 0 spiro atoms. The average Bonchev–Trinajstić information content (AvgIpc) is 2.76. The second-order valence-corrected chi connectivity index (χ2v) is 9.44. The van der Waals surface area contributed by atoms with Crippen LogP contribution in [0.25, 0.3) is 0 Å². The molecule has 1 amide bonds. The number of amides is 1. The number of piperazine rings is 1. The van der Waals surface area contributed by atoms with E-state index in [1.165, 1.54) is 12.7 Å². The van der Waals surface area contributed by atoms with Gasteiger partial charge in [0.2, 0.25) is 10.0 Å². The fraction of sp³-hybridized carbons (Fsp3) is 0.409. The molecule has 1 N–H and O–H groups in total. The Labute approximate surface area is 178 Å². The van der Waals surface area contributed by atoms with Crippen LogP contribution in [0, 0.1) is 6.92 Å². The summed E-state index contributed by atoms with van der Waals surface area (Å²) in [6.07, 6.45) is 0.362. The van der Waals surface area contributed by atoms with Crippen LogP contribution in [-0.4, -0.2) is 64.2 Å². The highest BCUT2D eigenvalue weighted by molar-refractivity contribution is 7.89. The molecule has 8 heteroatoms. The van der Waals surface area contributed by atoms with Crippen LogP contribution in [0.2, 0.25) is 0 Å². The van der Waals surface area contributed by atoms with Crippen molar-refractivity contribution in [3.63, 3.8) is 0 Å². The molecule has 0 bridgehead atoms. The van der Waals surface area contributed by atoms with Crippen LogP contribution in [0.5, 0.6) is 5.75 Å². The first-order chi connectivity index (χ1) is 14.4. The number of anilines is 1. The molecular formula is C22H29N3O4S. The van der Waals surface area contributed by atoms with E-state index in [0.29, 0.717) is 50.5 Å². The molecule has 0 saturated carbocycles. The molecule has 1 aliphatic rings. The molecule has 1 fully saturated rings. The van der Waals surface area contributed by atoms with Crippen molar-refractivity contribution >= 4 is 21.6 Å². The van der Waals surface area contributed by atoms with Gasteiger partial charge in [-0.2, -0.15) is 4.31 Å². The highest BCUT2D eigenvalue weighted by Gasteiger charge is 2.26. The second kappa shape index (κ2) is 9.95. The van der Waals surface area contributed by atoms with Crippen LogP contribution in [0.3, 0.4) is 0 Å². The van der Waals surface area contributed by atoms with Gasteiger partial charge in [-0.05, 0) is 43.2 Å². The minimum absolute atomic E-state index is 0.0175. The van der Waals surface area contributed by atoms with E-state index in [1.54, 1.807) is 28.6 Å². The maximum absolute atomic E-state index is 12.7. The maximum atomic E-state index is 12.7. The number of benzene rings is 2. The van der Waals surface area contributed by atoms with Crippen molar-refractivity contribution in [2.45, 2.75) is 13.3 Å². The minimum Gasteiger partial charge on any atom is -0.496 e. The fourth-order valence-electron chi connectivity index (χ4n) is 3.56. The smallest absolute Gasteiger partial charge is 0.255 e. The van der Waals surface area contributed by atoms with E-state index in [-0.39, 0.29) is 11.7 Å². The Morgan fingerprint density at radius 3 is 2.50 bits per heavy atom. The number of rotatable bonds is 8. The Bertz CT molecular complexity index is 970. The van der Waals surface area contributed by atoms with E-state index in [9.17, 15) is 13.2 Å². The topological polar surface area (TPSA) is 78.9 Å². The van der Waals surface area contributed by atoms with E-state index in [1.807, 2.05) is 6.07 Å². The molecular weight excluding hydrogens is 402 g/mol. The largest absolute Gasteiger partial charge is 0.496 e. The zero-order valence-electron chi connectivity index (χ0n) is 17.5. The summed E-state index contributed by atoms with van der Waals surface area (Å²) < 4.78 is 32.1. The highest BCUT2D eigenvalue weighted by atomic mass is 32.2. The first kappa shape index (κ1) is 22.1. The molecule has 2 aromatic carbocycles. The standard InChI is InChI=1S/C22H29N3O4S/c1-18-7-5-8-19(17-18)24-12-14-25(15-13-24)30(27,28)16-6-11-23-22(26)20-9-3-4-10-21(20)29-2/h3-5,7-10,17H,6,11-16H2,1-2H3,(H,23,26). The lowest BCUT2D eigenvalue weighted by molar-refractivity contribution is 0.0950. The summed E-state index contributed by atoms with van der Waals surface area (Å²) in [6, 6.07) is 15.2. The number of hydrogen-bond donors (Lipinski definition) is 1. The molecule has 162 valence electrons. The summed E-state index contributed by atoms with van der Waals surface area (Å²) in [5.41, 5.74) is 2.76. The number of carbonyl (C=O) groups is 1. The van der Waals surface area contributed by atoms with E-state index >= 15 is 0 Å². The molecule has 0 unspecified atom stereocenters. The van der Waals surface area contributed by atoms with Gasteiger partial charge in [-0.25, -0.2) is 8.42 Å². The van der Waals surface area contributed by atoms with Crippen molar-refractivity contribution in [1.82, 2.24) is 9.62 Å². The van der Waals surface area contributed by atoms with Crippen LogP contribution < -0.4 is 15.0 Å². The quantitative estimate of drug-likeness (QED) is 0.649. The highest BCUT2D eigenvalue weighted by Crippen LogP contribution is 2.19. The fourth-order valence-corrected chi connectivity index (χ4v) is 5.05. The number of aryl methyl sites for hydroxylation is 1. The minimum atomic E-state index is -3.34. The van der Waals surface area contributed by atoms with E-state index in [2.05, 4.69) is 35.3 Å². The number of nitrogens with zero attached hydrogens (tertiary/aromatic N) is 2. The van der Waals surface area contributed by atoms with Gasteiger partial charge >= 0.3 is 0 Å². The van der Waals surface area contributed by atoms with Crippen LogP contribution in [0.15, 0.2) is 48.5 Å². The van der Waals surface area contributed by atoms with Crippen LogP contribution in [-0.2, 0) is 10.0 Å². The van der Waals surface area contributed by atoms with Crippen molar-refractivity contribution in [3.05, 3.63) is 59.7 Å². The van der Waals surface area contributed by atoms with Gasteiger partial charge in [-0.15, -0.1) is 0 Å². The van der Waals surface area contributed by atoms with Gasteiger partial charge in [0.05, 0.1) is 18.4 Å². The monoisotopic (exact) mass is 431 g/mol. The number of carbonyl (C=O) groups excluding carboxylic acids is 1. The number of hydrogen-bond acceptors (Lipinski definition) is 5. The third-order valence-electron chi connectivity index (χ3n) is 5.22. The Kier molecular flexibility index (Phi) is 7.33. The zero-order valence-corrected chi connectivity index (χ0v) is 18.3. The Morgan fingerprint density at radius 2 is 1.80 bits per heavy atom. The first-order valence-electron chi connectivity index (χ1n) is 10.1. The van der Waals surface area contributed by atoms with Crippen molar-refractivity contribution in [3.8, 4) is 5.75 Å². The van der Waals surface area contributed by atoms with Gasteiger partial charge in [-0.1, -0.05) is 24.3 Å². The summed E-state index contributed by atoms with van der Waals surface area (Å²) in [6.45, 7) is 4.64. The normalized spacial score (nSPS) is 15.1. The average molecular weight is 432 g/mol.